The van der Waals surface area contributed by atoms with E-state index in [0.717, 1.165) is 25.7 Å². The first kappa shape index (κ1) is 15.0. The Kier molecular flexibility index (Phi) is 4.80. The summed E-state index contributed by atoms with van der Waals surface area (Å²) in [4.78, 5) is 25.8. The van der Waals surface area contributed by atoms with Crippen molar-refractivity contribution in [2.24, 2.45) is 0 Å². The van der Waals surface area contributed by atoms with Gasteiger partial charge in [0.25, 0.3) is 5.56 Å². The molecule has 0 amide bonds. The summed E-state index contributed by atoms with van der Waals surface area (Å²) in [6, 6.07) is 0.254. The van der Waals surface area contributed by atoms with Gasteiger partial charge in [-0.05, 0) is 38.9 Å². The molecule has 0 unspecified atom stereocenters. The van der Waals surface area contributed by atoms with Gasteiger partial charge in [-0.3, -0.25) is 14.3 Å². The number of nitrogens with two attached hydrogens (primary N) is 1. The molecule has 1 fully saturated rings. The summed E-state index contributed by atoms with van der Waals surface area (Å²) in [5.41, 5.74) is 5.40. The standard InChI is InChI=1S/C13H22N4O2S/c1-3-17-11(14)10(12(18)16-13(17)19)15-8-4-6-9(20-2)7-5-8/h8-9,15H,3-7,14H2,1-2H3,(H,16,18,19). The van der Waals surface area contributed by atoms with Crippen LogP contribution < -0.4 is 22.3 Å². The smallest absolute Gasteiger partial charge is 0.330 e. The lowest BCUT2D eigenvalue weighted by atomic mass is 9.95. The Morgan fingerprint density at radius 3 is 2.55 bits per heavy atom. The normalized spacial score (nSPS) is 22.7. The molecule has 1 saturated carbocycles. The maximum atomic E-state index is 11.9. The fraction of sp³-hybridized carbons (Fsp3) is 0.692. The van der Waals surface area contributed by atoms with E-state index in [0.29, 0.717) is 17.5 Å². The number of thioether (sulfide) groups is 1. The summed E-state index contributed by atoms with van der Waals surface area (Å²) < 4.78 is 1.37. The van der Waals surface area contributed by atoms with Crippen molar-refractivity contribution in [3.8, 4) is 0 Å². The van der Waals surface area contributed by atoms with Crippen molar-refractivity contribution >= 4 is 23.3 Å². The molecule has 112 valence electrons. The van der Waals surface area contributed by atoms with Gasteiger partial charge in [-0.25, -0.2) is 4.79 Å². The van der Waals surface area contributed by atoms with Crippen molar-refractivity contribution in [1.29, 1.82) is 0 Å². The molecule has 2 rings (SSSR count). The van der Waals surface area contributed by atoms with E-state index in [-0.39, 0.29) is 11.9 Å². The number of aromatic nitrogens is 2. The van der Waals surface area contributed by atoms with Gasteiger partial charge in [-0.15, -0.1) is 0 Å². The molecule has 20 heavy (non-hydrogen) atoms. The lowest BCUT2D eigenvalue weighted by Gasteiger charge is -2.29. The summed E-state index contributed by atoms with van der Waals surface area (Å²) >= 11 is 1.90. The van der Waals surface area contributed by atoms with Gasteiger partial charge in [-0.1, -0.05) is 0 Å². The molecule has 6 nitrogen and oxygen atoms in total. The molecular weight excluding hydrogens is 276 g/mol. The van der Waals surface area contributed by atoms with Crippen LogP contribution in [0.15, 0.2) is 9.59 Å². The zero-order chi connectivity index (χ0) is 14.7. The van der Waals surface area contributed by atoms with Gasteiger partial charge in [-0.2, -0.15) is 11.8 Å². The summed E-state index contributed by atoms with van der Waals surface area (Å²) in [5.74, 6) is 0.230. The van der Waals surface area contributed by atoms with E-state index in [1.807, 2.05) is 18.7 Å². The first-order chi connectivity index (χ1) is 9.56. The molecule has 0 radical (unpaired) electrons. The third-order valence-electron chi connectivity index (χ3n) is 3.91. The Hall–Kier alpha value is -1.37. The maximum absolute atomic E-state index is 11.9. The van der Waals surface area contributed by atoms with Crippen molar-refractivity contribution in [3.05, 3.63) is 20.8 Å². The molecule has 1 aromatic rings. The molecule has 1 heterocycles. The second kappa shape index (κ2) is 6.39. The summed E-state index contributed by atoms with van der Waals surface area (Å²) in [5, 5.41) is 3.94. The van der Waals surface area contributed by atoms with E-state index in [1.54, 1.807) is 0 Å². The van der Waals surface area contributed by atoms with E-state index in [1.165, 1.54) is 4.57 Å². The van der Waals surface area contributed by atoms with Crippen LogP contribution in [0.3, 0.4) is 0 Å². The van der Waals surface area contributed by atoms with Crippen LogP contribution in [0.25, 0.3) is 0 Å². The second-order valence-electron chi connectivity index (χ2n) is 5.12. The maximum Gasteiger partial charge on any atom is 0.330 e. The van der Waals surface area contributed by atoms with Gasteiger partial charge in [0.05, 0.1) is 0 Å². The fourth-order valence-electron chi connectivity index (χ4n) is 2.69. The van der Waals surface area contributed by atoms with Gasteiger partial charge in [0.1, 0.15) is 11.5 Å². The van der Waals surface area contributed by atoms with E-state index in [4.69, 9.17) is 5.73 Å². The topological polar surface area (TPSA) is 92.9 Å². The molecule has 0 atom stereocenters. The summed E-state index contributed by atoms with van der Waals surface area (Å²) in [6.07, 6.45) is 6.47. The number of anilines is 2. The third-order valence-corrected chi connectivity index (χ3v) is 5.05. The molecule has 0 bridgehead atoms. The van der Waals surface area contributed by atoms with Crippen LogP contribution in [0.4, 0.5) is 11.5 Å². The highest BCUT2D eigenvalue weighted by Crippen LogP contribution is 2.28. The highest BCUT2D eigenvalue weighted by Gasteiger charge is 2.22. The minimum Gasteiger partial charge on any atom is -0.383 e. The quantitative estimate of drug-likeness (QED) is 0.777. The lowest BCUT2D eigenvalue weighted by Crippen LogP contribution is -2.36. The van der Waals surface area contributed by atoms with Crippen molar-refractivity contribution in [2.45, 2.75) is 50.4 Å². The second-order valence-corrected chi connectivity index (χ2v) is 6.26. The minimum absolute atomic E-state index is 0.230. The molecule has 0 saturated heterocycles. The molecule has 0 aromatic carbocycles. The van der Waals surface area contributed by atoms with Crippen LogP contribution in [0, 0.1) is 0 Å². The molecule has 1 aliphatic carbocycles. The number of H-pyrrole nitrogens is 1. The highest BCUT2D eigenvalue weighted by atomic mass is 32.2. The Morgan fingerprint density at radius 1 is 1.35 bits per heavy atom. The average Bonchev–Trinajstić information content (AvgIpc) is 2.44. The minimum atomic E-state index is -0.452. The van der Waals surface area contributed by atoms with E-state index >= 15 is 0 Å². The molecule has 0 spiro atoms. The zero-order valence-electron chi connectivity index (χ0n) is 11.9. The molecule has 0 aliphatic heterocycles. The molecular formula is C13H22N4O2S. The van der Waals surface area contributed by atoms with Crippen molar-refractivity contribution in [3.63, 3.8) is 0 Å². The lowest BCUT2D eigenvalue weighted by molar-refractivity contribution is 0.472. The first-order valence-electron chi connectivity index (χ1n) is 6.98. The van der Waals surface area contributed by atoms with E-state index in [2.05, 4.69) is 16.6 Å². The zero-order valence-corrected chi connectivity index (χ0v) is 12.8. The van der Waals surface area contributed by atoms with Crippen molar-refractivity contribution in [1.82, 2.24) is 9.55 Å². The van der Waals surface area contributed by atoms with Gasteiger partial charge < -0.3 is 11.1 Å². The van der Waals surface area contributed by atoms with Gasteiger partial charge in [0.2, 0.25) is 0 Å². The highest BCUT2D eigenvalue weighted by molar-refractivity contribution is 7.99. The van der Waals surface area contributed by atoms with Crippen LogP contribution in [-0.4, -0.2) is 27.1 Å². The number of nitrogen functional groups attached to an aromatic ring is 1. The SMILES string of the molecule is CCn1c(N)c(NC2CCC(SC)CC2)c(=O)[nH]c1=O. The number of hydrogen-bond donors (Lipinski definition) is 3. The number of nitrogens with zero attached hydrogens (tertiary/aromatic N) is 1. The number of rotatable bonds is 4. The van der Waals surface area contributed by atoms with Crippen LogP contribution >= 0.6 is 11.8 Å². The van der Waals surface area contributed by atoms with Crippen LogP contribution in [0.1, 0.15) is 32.6 Å². The first-order valence-corrected chi connectivity index (χ1v) is 8.27. The van der Waals surface area contributed by atoms with Gasteiger partial charge in [0, 0.05) is 17.8 Å². The monoisotopic (exact) mass is 298 g/mol. The predicted octanol–water partition coefficient (Wildman–Crippen LogP) is 1.22. The fourth-order valence-corrected chi connectivity index (χ4v) is 3.43. The number of hydrogen-bond acceptors (Lipinski definition) is 5. The summed E-state index contributed by atoms with van der Waals surface area (Å²) in [6.45, 7) is 2.26. The Labute approximate surface area is 122 Å². The van der Waals surface area contributed by atoms with Crippen LogP contribution in [-0.2, 0) is 6.54 Å². The molecule has 4 N–H and O–H groups in total. The van der Waals surface area contributed by atoms with Crippen LogP contribution in [0.2, 0.25) is 0 Å². The molecule has 1 aromatic heterocycles. The molecule has 1 aliphatic rings. The number of nitrogens with one attached hydrogen (secondary N) is 2. The Morgan fingerprint density at radius 2 is 2.00 bits per heavy atom. The van der Waals surface area contributed by atoms with Crippen molar-refractivity contribution in [2.75, 3.05) is 17.3 Å². The Balaban J connectivity index is 2.18. The predicted molar refractivity (Wildman–Crippen MR) is 84.6 cm³/mol. The number of aromatic amines is 1. The van der Waals surface area contributed by atoms with E-state index in [9.17, 15) is 9.59 Å². The molecule has 7 heteroatoms. The van der Waals surface area contributed by atoms with Gasteiger partial charge in [0.15, 0.2) is 0 Å². The van der Waals surface area contributed by atoms with Crippen LogP contribution in [0.5, 0.6) is 0 Å². The largest absolute Gasteiger partial charge is 0.383 e. The van der Waals surface area contributed by atoms with E-state index < -0.39 is 11.2 Å². The third kappa shape index (κ3) is 3.03. The summed E-state index contributed by atoms with van der Waals surface area (Å²) in [7, 11) is 0. The van der Waals surface area contributed by atoms with Gasteiger partial charge >= 0.3 is 5.69 Å². The average molecular weight is 298 g/mol. The Bertz CT molecular complexity index is 573. The van der Waals surface area contributed by atoms with Crippen molar-refractivity contribution < 1.29 is 0 Å².